The molecule has 0 saturated carbocycles. The van der Waals surface area contributed by atoms with Gasteiger partial charge in [-0.25, -0.2) is 0 Å². The largest absolute Gasteiger partial charge is 0.494 e. The van der Waals surface area contributed by atoms with Crippen molar-refractivity contribution in [1.29, 1.82) is 0 Å². The Morgan fingerprint density at radius 3 is 3.00 bits per heavy atom. The molecule has 2 N–H and O–H groups in total. The number of hydrogen-bond acceptors (Lipinski definition) is 2. The summed E-state index contributed by atoms with van der Waals surface area (Å²) < 4.78 is 5.46. The van der Waals surface area contributed by atoms with Crippen LogP contribution in [0.25, 0.3) is 10.9 Å². The SMILES string of the molecule is CCOc1ccc2[nH]cc(CNC(C)=O)c2c1. The quantitative estimate of drug-likeness (QED) is 0.849. The summed E-state index contributed by atoms with van der Waals surface area (Å²) in [5.41, 5.74) is 2.12. The average molecular weight is 232 g/mol. The molecular formula is C13H16N2O2. The fraction of sp³-hybridized carbons (Fsp3) is 0.308. The van der Waals surface area contributed by atoms with Gasteiger partial charge in [0.05, 0.1) is 6.61 Å². The van der Waals surface area contributed by atoms with Crippen molar-refractivity contribution in [3.05, 3.63) is 30.0 Å². The zero-order chi connectivity index (χ0) is 12.3. The summed E-state index contributed by atoms with van der Waals surface area (Å²) in [7, 11) is 0. The Balaban J connectivity index is 2.29. The molecule has 0 fully saturated rings. The molecule has 0 radical (unpaired) electrons. The van der Waals surface area contributed by atoms with Gasteiger partial charge in [0.1, 0.15) is 5.75 Å². The Kier molecular flexibility index (Phi) is 3.32. The van der Waals surface area contributed by atoms with Crippen LogP contribution in [-0.2, 0) is 11.3 Å². The number of aromatic amines is 1. The zero-order valence-electron chi connectivity index (χ0n) is 10.0. The van der Waals surface area contributed by atoms with Gasteiger partial charge in [0.15, 0.2) is 0 Å². The molecule has 4 heteroatoms. The minimum Gasteiger partial charge on any atom is -0.494 e. The summed E-state index contributed by atoms with van der Waals surface area (Å²) in [5.74, 6) is 0.823. The van der Waals surface area contributed by atoms with Gasteiger partial charge in [-0.3, -0.25) is 4.79 Å². The molecule has 17 heavy (non-hydrogen) atoms. The summed E-state index contributed by atoms with van der Waals surface area (Å²) >= 11 is 0. The normalized spacial score (nSPS) is 10.5. The van der Waals surface area contributed by atoms with E-state index in [1.54, 1.807) is 0 Å². The monoisotopic (exact) mass is 232 g/mol. The molecular weight excluding hydrogens is 216 g/mol. The summed E-state index contributed by atoms with van der Waals surface area (Å²) in [6.07, 6.45) is 1.91. The number of carbonyl (C=O) groups is 1. The fourth-order valence-corrected chi connectivity index (χ4v) is 1.78. The predicted octanol–water partition coefficient (Wildman–Crippen LogP) is 2.20. The van der Waals surface area contributed by atoms with Crippen LogP contribution in [0.5, 0.6) is 5.75 Å². The lowest BCUT2D eigenvalue weighted by atomic mass is 10.1. The Labute approximate surface area is 100.0 Å². The average Bonchev–Trinajstić information content (AvgIpc) is 2.69. The van der Waals surface area contributed by atoms with E-state index in [4.69, 9.17) is 4.74 Å². The maximum absolute atomic E-state index is 10.9. The lowest BCUT2D eigenvalue weighted by Crippen LogP contribution is -2.18. The van der Waals surface area contributed by atoms with Crippen molar-refractivity contribution in [2.45, 2.75) is 20.4 Å². The zero-order valence-corrected chi connectivity index (χ0v) is 10.0. The maximum Gasteiger partial charge on any atom is 0.217 e. The second-order valence-electron chi connectivity index (χ2n) is 3.86. The number of benzene rings is 1. The second-order valence-corrected chi connectivity index (χ2v) is 3.86. The molecule has 1 aromatic heterocycles. The molecule has 0 aliphatic carbocycles. The van der Waals surface area contributed by atoms with Gasteiger partial charge in [0.2, 0.25) is 5.91 Å². The molecule has 1 amide bonds. The van der Waals surface area contributed by atoms with Gasteiger partial charge >= 0.3 is 0 Å². The highest BCUT2D eigenvalue weighted by atomic mass is 16.5. The number of hydrogen-bond donors (Lipinski definition) is 2. The van der Waals surface area contributed by atoms with Crippen molar-refractivity contribution in [3.8, 4) is 5.75 Å². The molecule has 1 aromatic carbocycles. The van der Waals surface area contributed by atoms with E-state index in [1.807, 2.05) is 31.3 Å². The minimum absolute atomic E-state index is 0.0275. The number of fused-ring (bicyclic) bond motifs is 1. The molecule has 0 atom stereocenters. The van der Waals surface area contributed by atoms with Crippen LogP contribution in [-0.4, -0.2) is 17.5 Å². The minimum atomic E-state index is -0.0275. The second kappa shape index (κ2) is 4.91. The molecule has 90 valence electrons. The number of H-pyrrole nitrogens is 1. The van der Waals surface area contributed by atoms with Crippen LogP contribution in [0.4, 0.5) is 0 Å². The van der Waals surface area contributed by atoms with E-state index in [9.17, 15) is 4.79 Å². The molecule has 2 rings (SSSR count). The van der Waals surface area contributed by atoms with Crippen molar-refractivity contribution in [1.82, 2.24) is 10.3 Å². The molecule has 0 saturated heterocycles. The van der Waals surface area contributed by atoms with Crippen LogP contribution in [0.2, 0.25) is 0 Å². The number of carbonyl (C=O) groups excluding carboxylic acids is 1. The van der Waals surface area contributed by atoms with Crippen molar-refractivity contribution in [2.24, 2.45) is 0 Å². The highest BCUT2D eigenvalue weighted by Gasteiger charge is 2.05. The van der Waals surface area contributed by atoms with E-state index in [2.05, 4.69) is 10.3 Å². The number of amides is 1. The van der Waals surface area contributed by atoms with Gasteiger partial charge < -0.3 is 15.0 Å². The molecule has 4 nitrogen and oxygen atoms in total. The standard InChI is InChI=1S/C13H16N2O2/c1-3-17-11-4-5-13-12(6-11)10(8-15-13)7-14-9(2)16/h4-6,8,15H,3,7H2,1-2H3,(H,14,16). The summed E-state index contributed by atoms with van der Waals surface area (Å²) in [6.45, 7) is 4.65. The van der Waals surface area contributed by atoms with E-state index in [-0.39, 0.29) is 5.91 Å². The third-order valence-electron chi connectivity index (χ3n) is 2.58. The topological polar surface area (TPSA) is 54.1 Å². The summed E-state index contributed by atoms with van der Waals surface area (Å²) in [5, 5.41) is 3.88. The van der Waals surface area contributed by atoms with E-state index in [1.165, 1.54) is 6.92 Å². The highest BCUT2D eigenvalue weighted by molar-refractivity contribution is 5.85. The van der Waals surface area contributed by atoms with Crippen LogP contribution < -0.4 is 10.1 Å². The highest BCUT2D eigenvalue weighted by Crippen LogP contribution is 2.23. The number of nitrogens with one attached hydrogen (secondary N) is 2. The van der Waals surface area contributed by atoms with Crippen molar-refractivity contribution in [3.63, 3.8) is 0 Å². The first-order chi connectivity index (χ1) is 8.20. The smallest absolute Gasteiger partial charge is 0.217 e. The molecule has 0 spiro atoms. The predicted molar refractivity (Wildman–Crippen MR) is 67.0 cm³/mol. The lowest BCUT2D eigenvalue weighted by molar-refractivity contribution is -0.119. The molecule has 2 aromatic rings. The fourth-order valence-electron chi connectivity index (χ4n) is 1.78. The number of aromatic nitrogens is 1. The van der Waals surface area contributed by atoms with Crippen LogP contribution >= 0.6 is 0 Å². The van der Waals surface area contributed by atoms with Gasteiger partial charge in [-0.1, -0.05) is 0 Å². The summed E-state index contributed by atoms with van der Waals surface area (Å²) in [4.78, 5) is 14.1. The van der Waals surface area contributed by atoms with Crippen LogP contribution in [0.15, 0.2) is 24.4 Å². The number of ether oxygens (including phenoxy) is 1. The third-order valence-corrected chi connectivity index (χ3v) is 2.58. The molecule has 0 bridgehead atoms. The Hall–Kier alpha value is -1.97. The van der Waals surface area contributed by atoms with E-state index in [0.29, 0.717) is 13.2 Å². The van der Waals surface area contributed by atoms with Gasteiger partial charge in [-0.05, 0) is 30.7 Å². The van der Waals surface area contributed by atoms with E-state index < -0.39 is 0 Å². The molecule has 0 aliphatic heterocycles. The van der Waals surface area contributed by atoms with E-state index in [0.717, 1.165) is 22.2 Å². The van der Waals surface area contributed by atoms with Crippen LogP contribution in [0.1, 0.15) is 19.4 Å². The molecule has 1 heterocycles. The van der Waals surface area contributed by atoms with Gasteiger partial charge in [0.25, 0.3) is 0 Å². The van der Waals surface area contributed by atoms with Gasteiger partial charge in [-0.15, -0.1) is 0 Å². The van der Waals surface area contributed by atoms with Crippen molar-refractivity contribution >= 4 is 16.8 Å². The first-order valence-electron chi connectivity index (χ1n) is 5.68. The Morgan fingerprint density at radius 1 is 1.47 bits per heavy atom. The maximum atomic E-state index is 10.9. The van der Waals surface area contributed by atoms with Gasteiger partial charge in [-0.2, -0.15) is 0 Å². The molecule has 0 unspecified atom stereocenters. The van der Waals surface area contributed by atoms with Gasteiger partial charge in [0, 0.05) is 30.6 Å². The van der Waals surface area contributed by atoms with E-state index >= 15 is 0 Å². The summed E-state index contributed by atoms with van der Waals surface area (Å²) in [6, 6.07) is 5.91. The Bertz CT molecular complexity index is 531. The third kappa shape index (κ3) is 2.58. The van der Waals surface area contributed by atoms with Crippen molar-refractivity contribution < 1.29 is 9.53 Å². The lowest BCUT2D eigenvalue weighted by Gasteiger charge is -2.04. The first kappa shape index (κ1) is 11.5. The molecule has 0 aliphatic rings. The number of rotatable bonds is 4. The van der Waals surface area contributed by atoms with Crippen LogP contribution in [0.3, 0.4) is 0 Å². The van der Waals surface area contributed by atoms with Crippen molar-refractivity contribution in [2.75, 3.05) is 6.61 Å². The first-order valence-corrected chi connectivity index (χ1v) is 5.68. The Morgan fingerprint density at radius 2 is 2.29 bits per heavy atom. The van der Waals surface area contributed by atoms with Crippen LogP contribution in [0, 0.1) is 0 Å².